The number of methoxy groups -OCH3 is 1. The number of aromatic nitrogens is 5. The molecule has 4 rings (SSSR count). The first-order chi connectivity index (χ1) is 14.3. The second-order valence-corrected chi connectivity index (χ2v) is 7.94. The van der Waals surface area contributed by atoms with E-state index in [0.717, 1.165) is 26.1 Å². The fourth-order valence-corrected chi connectivity index (χ4v) is 3.92. The Morgan fingerprint density at radius 2 is 1.80 bits per heavy atom. The van der Waals surface area contributed by atoms with Crippen LogP contribution in [0.25, 0.3) is 22.6 Å². The Labute approximate surface area is 179 Å². The van der Waals surface area contributed by atoms with E-state index in [1.54, 1.807) is 11.4 Å². The molecule has 0 bridgehead atoms. The van der Waals surface area contributed by atoms with Crippen LogP contribution in [0.15, 0.2) is 38.3 Å². The zero-order valence-corrected chi connectivity index (χ0v) is 18.6. The maximum atomic E-state index is 13.3. The van der Waals surface area contributed by atoms with Crippen LogP contribution in [0, 0.1) is 13.8 Å². The summed E-state index contributed by atoms with van der Waals surface area (Å²) in [5, 5.41) is 0. The lowest BCUT2D eigenvalue weighted by Crippen LogP contribution is -2.40. The predicted octanol–water partition coefficient (Wildman–Crippen LogP) is 2.08. The minimum absolute atomic E-state index is 0.0627. The maximum absolute atomic E-state index is 13.3. The number of benzene rings is 1. The Hall–Kier alpha value is -3.14. The van der Waals surface area contributed by atoms with E-state index in [-0.39, 0.29) is 13.0 Å². The predicted molar refractivity (Wildman–Crippen MR) is 115 cm³/mol. The summed E-state index contributed by atoms with van der Waals surface area (Å²) in [6.07, 6.45) is -0.0724. The molecule has 3 heterocycles. The van der Waals surface area contributed by atoms with Gasteiger partial charge in [0.25, 0.3) is 5.56 Å². The third-order valence-electron chi connectivity index (χ3n) is 5.37. The van der Waals surface area contributed by atoms with E-state index < -0.39 is 17.2 Å². The molecular weight excluding hydrogens is 454 g/mol. The van der Waals surface area contributed by atoms with Crippen LogP contribution in [0.2, 0.25) is 0 Å². The van der Waals surface area contributed by atoms with Crippen LogP contribution < -0.4 is 11.2 Å². The highest BCUT2D eigenvalue weighted by atomic mass is 79.9. The van der Waals surface area contributed by atoms with Crippen molar-refractivity contribution in [2.75, 3.05) is 7.11 Å². The number of carbonyl (C=O) groups excluding carboxylic acids is 1. The second-order valence-electron chi connectivity index (χ2n) is 7.03. The van der Waals surface area contributed by atoms with Crippen molar-refractivity contribution in [1.29, 1.82) is 0 Å². The number of hydrogen-bond donors (Lipinski definition) is 0. The monoisotopic (exact) mass is 473 g/mol. The summed E-state index contributed by atoms with van der Waals surface area (Å²) in [6, 6.07) is 7.75. The Kier molecular flexibility index (Phi) is 4.89. The van der Waals surface area contributed by atoms with Crippen molar-refractivity contribution < 1.29 is 9.53 Å². The highest BCUT2D eigenvalue weighted by Crippen LogP contribution is 2.25. The lowest BCUT2D eigenvalue weighted by atomic mass is 10.3. The molecule has 9 nitrogen and oxygen atoms in total. The first kappa shape index (κ1) is 20.1. The first-order valence-electron chi connectivity index (χ1n) is 9.29. The molecule has 0 radical (unpaired) electrons. The molecule has 0 fully saturated rings. The summed E-state index contributed by atoms with van der Waals surface area (Å²) >= 11 is 3.44. The van der Waals surface area contributed by atoms with Crippen molar-refractivity contribution in [2.24, 2.45) is 7.05 Å². The third-order valence-corrected chi connectivity index (χ3v) is 5.90. The largest absolute Gasteiger partial charge is 0.469 e. The van der Waals surface area contributed by atoms with Crippen molar-refractivity contribution in [3.8, 4) is 5.69 Å². The van der Waals surface area contributed by atoms with E-state index >= 15 is 0 Å². The number of rotatable bonds is 4. The molecule has 1 aromatic carbocycles. The number of fused-ring (bicyclic) bond motifs is 3. The van der Waals surface area contributed by atoms with Crippen molar-refractivity contribution in [3.63, 3.8) is 0 Å². The Balaban J connectivity index is 2.05. The molecule has 0 N–H and O–H groups in total. The smallest absolute Gasteiger partial charge is 0.332 e. The Morgan fingerprint density at radius 3 is 2.43 bits per heavy atom. The van der Waals surface area contributed by atoms with Gasteiger partial charge in [0.1, 0.15) is 0 Å². The zero-order chi connectivity index (χ0) is 21.7. The van der Waals surface area contributed by atoms with Crippen molar-refractivity contribution in [1.82, 2.24) is 23.1 Å². The van der Waals surface area contributed by atoms with Gasteiger partial charge in [0.15, 0.2) is 11.2 Å². The molecule has 156 valence electrons. The van der Waals surface area contributed by atoms with Crippen LogP contribution >= 0.6 is 15.9 Å². The molecule has 0 saturated heterocycles. The number of carbonyl (C=O) groups is 1. The zero-order valence-electron chi connectivity index (χ0n) is 17.0. The van der Waals surface area contributed by atoms with Crippen LogP contribution in [0.5, 0.6) is 0 Å². The maximum Gasteiger partial charge on any atom is 0.332 e. The first-order valence-corrected chi connectivity index (χ1v) is 10.1. The SMILES string of the molecule is COC(=O)CCn1c(=O)c2c(nc3n(-c4ccc(Br)cc4)c(C)c(C)n23)n(C)c1=O. The van der Waals surface area contributed by atoms with E-state index in [0.29, 0.717) is 16.9 Å². The lowest BCUT2D eigenvalue weighted by molar-refractivity contribution is -0.140. The fraction of sp³-hybridized carbons (Fsp3) is 0.300. The molecule has 0 unspecified atom stereocenters. The lowest BCUT2D eigenvalue weighted by Gasteiger charge is -2.08. The number of aryl methyl sites for hydroxylation is 2. The summed E-state index contributed by atoms with van der Waals surface area (Å²) in [7, 11) is 2.83. The highest BCUT2D eigenvalue weighted by Gasteiger charge is 2.23. The van der Waals surface area contributed by atoms with Gasteiger partial charge in [-0.05, 0) is 38.1 Å². The summed E-state index contributed by atoms with van der Waals surface area (Å²) in [5.74, 6) is 0.0519. The fourth-order valence-electron chi connectivity index (χ4n) is 3.65. The number of imidazole rings is 2. The molecule has 0 saturated carbocycles. The van der Waals surface area contributed by atoms with Gasteiger partial charge in [-0.25, -0.2) is 4.79 Å². The molecule has 4 aromatic rings. The number of hydrogen-bond acceptors (Lipinski definition) is 5. The Bertz CT molecular complexity index is 1420. The van der Waals surface area contributed by atoms with E-state index in [4.69, 9.17) is 0 Å². The normalized spacial score (nSPS) is 11.5. The van der Waals surface area contributed by atoms with Gasteiger partial charge < -0.3 is 4.74 Å². The van der Waals surface area contributed by atoms with E-state index in [1.165, 1.54) is 11.7 Å². The molecule has 3 aromatic heterocycles. The van der Waals surface area contributed by atoms with Gasteiger partial charge in [-0.15, -0.1) is 0 Å². The summed E-state index contributed by atoms with van der Waals surface area (Å²) in [4.78, 5) is 42.2. The van der Waals surface area contributed by atoms with Gasteiger partial charge in [0.05, 0.1) is 13.5 Å². The van der Waals surface area contributed by atoms with Gasteiger partial charge in [-0.1, -0.05) is 15.9 Å². The molecule has 0 atom stereocenters. The molecular formula is C20H20BrN5O4. The van der Waals surface area contributed by atoms with Crippen LogP contribution in [0.1, 0.15) is 17.8 Å². The number of esters is 1. The molecule has 10 heteroatoms. The van der Waals surface area contributed by atoms with E-state index in [1.807, 2.05) is 42.7 Å². The molecule has 0 spiro atoms. The van der Waals surface area contributed by atoms with Crippen molar-refractivity contribution in [2.45, 2.75) is 26.8 Å². The van der Waals surface area contributed by atoms with Crippen LogP contribution in [-0.2, 0) is 23.1 Å². The van der Waals surface area contributed by atoms with Gasteiger partial charge in [-0.2, -0.15) is 4.98 Å². The quantitative estimate of drug-likeness (QED) is 0.423. The molecule has 0 aliphatic rings. The second kappa shape index (κ2) is 7.28. The van der Waals surface area contributed by atoms with Crippen LogP contribution in [-0.4, -0.2) is 36.2 Å². The van der Waals surface area contributed by atoms with E-state index in [2.05, 4.69) is 25.7 Å². The minimum Gasteiger partial charge on any atom is -0.469 e. The van der Waals surface area contributed by atoms with Gasteiger partial charge in [0, 0.05) is 35.1 Å². The Morgan fingerprint density at radius 1 is 1.13 bits per heavy atom. The van der Waals surface area contributed by atoms with Crippen LogP contribution in [0.4, 0.5) is 0 Å². The average molecular weight is 474 g/mol. The van der Waals surface area contributed by atoms with Crippen LogP contribution in [0.3, 0.4) is 0 Å². The van der Waals surface area contributed by atoms with Gasteiger partial charge in [0.2, 0.25) is 5.78 Å². The third kappa shape index (κ3) is 2.90. The number of nitrogens with zero attached hydrogens (tertiary/aromatic N) is 5. The summed E-state index contributed by atoms with van der Waals surface area (Å²) in [6.45, 7) is 3.80. The summed E-state index contributed by atoms with van der Waals surface area (Å²) < 4.78 is 11.7. The molecule has 0 amide bonds. The summed E-state index contributed by atoms with van der Waals surface area (Å²) in [5.41, 5.74) is 2.24. The molecule has 0 aliphatic carbocycles. The van der Waals surface area contributed by atoms with Crippen molar-refractivity contribution in [3.05, 3.63) is 61.0 Å². The topological polar surface area (TPSA) is 92.5 Å². The highest BCUT2D eigenvalue weighted by molar-refractivity contribution is 9.10. The number of ether oxygens (including phenoxy) is 1. The molecule has 30 heavy (non-hydrogen) atoms. The number of halogens is 1. The minimum atomic E-state index is -0.526. The van der Waals surface area contributed by atoms with Crippen molar-refractivity contribution >= 4 is 38.8 Å². The molecule has 0 aliphatic heterocycles. The standard InChI is InChI=1S/C20H20BrN5O4/c1-11-12(2)26-16-17(22-19(26)25(11)14-7-5-13(21)6-8-14)23(3)20(29)24(18(16)28)10-9-15(27)30-4/h5-8H,9-10H2,1-4H3. The average Bonchev–Trinajstić information content (AvgIpc) is 3.23. The van der Waals surface area contributed by atoms with E-state index in [9.17, 15) is 14.4 Å². The van der Waals surface area contributed by atoms with Gasteiger partial charge in [-0.3, -0.25) is 27.7 Å². The van der Waals surface area contributed by atoms with Gasteiger partial charge >= 0.3 is 11.7 Å².